The van der Waals surface area contributed by atoms with Crippen LogP contribution < -0.4 is 10.6 Å². The molecule has 2 saturated heterocycles. The van der Waals surface area contributed by atoms with E-state index in [0.29, 0.717) is 26.1 Å². The highest BCUT2D eigenvalue weighted by atomic mass is 16.2. The van der Waals surface area contributed by atoms with E-state index < -0.39 is 0 Å². The van der Waals surface area contributed by atoms with Gasteiger partial charge < -0.3 is 15.5 Å². The molecule has 1 unspecified atom stereocenters. The van der Waals surface area contributed by atoms with Crippen molar-refractivity contribution in [3.8, 4) is 0 Å². The van der Waals surface area contributed by atoms with Crippen LogP contribution in [0.1, 0.15) is 19.3 Å². The van der Waals surface area contributed by atoms with Crippen LogP contribution in [0.3, 0.4) is 0 Å². The normalized spacial score (nSPS) is 27.1. The lowest BCUT2D eigenvalue weighted by molar-refractivity contribution is -0.135. The Morgan fingerprint density at radius 1 is 1.31 bits per heavy atom. The lowest BCUT2D eigenvalue weighted by Gasteiger charge is -2.28. The lowest BCUT2D eigenvalue weighted by atomic mass is 9.98. The number of hydrogen-bond acceptors (Lipinski definition) is 3. The molecule has 5 heteroatoms. The van der Waals surface area contributed by atoms with Gasteiger partial charge in [0, 0.05) is 32.6 Å². The third kappa shape index (κ3) is 2.72. The van der Waals surface area contributed by atoms with Gasteiger partial charge in [-0.2, -0.15) is 0 Å². The van der Waals surface area contributed by atoms with Crippen molar-refractivity contribution in [1.82, 2.24) is 15.5 Å². The van der Waals surface area contributed by atoms with Crippen LogP contribution in [0.5, 0.6) is 0 Å². The van der Waals surface area contributed by atoms with Gasteiger partial charge in [-0.1, -0.05) is 0 Å². The summed E-state index contributed by atoms with van der Waals surface area (Å²) in [5, 5.41) is 6.03. The van der Waals surface area contributed by atoms with Crippen LogP contribution in [0.25, 0.3) is 0 Å². The first-order valence-electron chi connectivity index (χ1n) is 6.03. The molecule has 0 radical (unpaired) electrons. The molecule has 0 aliphatic carbocycles. The van der Waals surface area contributed by atoms with Gasteiger partial charge in [0.05, 0.1) is 5.92 Å². The van der Waals surface area contributed by atoms with Gasteiger partial charge >= 0.3 is 0 Å². The van der Waals surface area contributed by atoms with Crippen molar-refractivity contribution in [2.75, 3.05) is 32.7 Å². The van der Waals surface area contributed by atoms with Crippen LogP contribution in [0.15, 0.2) is 0 Å². The van der Waals surface area contributed by atoms with Crippen LogP contribution in [-0.4, -0.2) is 49.4 Å². The molecule has 0 aromatic carbocycles. The average molecular weight is 225 g/mol. The Labute approximate surface area is 95.6 Å². The molecule has 2 heterocycles. The van der Waals surface area contributed by atoms with E-state index in [1.54, 1.807) is 0 Å². The number of carbonyl (C=O) groups excluding carboxylic acids is 2. The Bertz CT molecular complexity index is 274. The summed E-state index contributed by atoms with van der Waals surface area (Å²) in [6, 6.07) is 0. The Balaban J connectivity index is 1.89. The SMILES string of the molecule is O=C1CCN(C(=O)C2CCCNC2)CCN1. The van der Waals surface area contributed by atoms with E-state index in [9.17, 15) is 9.59 Å². The zero-order chi connectivity index (χ0) is 11.4. The van der Waals surface area contributed by atoms with Gasteiger partial charge in [-0.3, -0.25) is 9.59 Å². The fourth-order valence-electron chi connectivity index (χ4n) is 2.31. The van der Waals surface area contributed by atoms with Crippen LogP contribution in [-0.2, 0) is 9.59 Å². The molecular weight excluding hydrogens is 206 g/mol. The molecular formula is C11H19N3O2. The molecule has 2 aliphatic rings. The number of nitrogens with one attached hydrogen (secondary N) is 2. The molecule has 90 valence electrons. The van der Waals surface area contributed by atoms with Crippen molar-refractivity contribution in [2.45, 2.75) is 19.3 Å². The predicted molar refractivity (Wildman–Crippen MR) is 59.8 cm³/mol. The molecule has 0 spiro atoms. The Morgan fingerprint density at radius 3 is 2.94 bits per heavy atom. The van der Waals surface area contributed by atoms with Crippen molar-refractivity contribution in [3.05, 3.63) is 0 Å². The maximum absolute atomic E-state index is 12.2. The molecule has 5 nitrogen and oxygen atoms in total. The highest BCUT2D eigenvalue weighted by Crippen LogP contribution is 2.14. The summed E-state index contributed by atoms with van der Waals surface area (Å²) in [6.45, 7) is 3.62. The summed E-state index contributed by atoms with van der Waals surface area (Å²) < 4.78 is 0. The molecule has 2 aliphatic heterocycles. The third-order valence-corrected chi connectivity index (χ3v) is 3.27. The second-order valence-electron chi connectivity index (χ2n) is 4.47. The number of carbonyl (C=O) groups is 2. The monoisotopic (exact) mass is 225 g/mol. The number of piperidine rings is 1. The smallest absolute Gasteiger partial charge is 0.227 e. The van der Waals surface area contributed by atoms with E-state index in [0.717, 1.165) is 25.9 Å². The van der Waals surface area contributed by atoms with Crippen molar-refractivity contribution in [3.63, 3.8) is 0 Å². The van der Waals surface area contributed by atoms with Crippen molar-refractivity contribution >= 4 is 11.8 Å². The zero-order valence-electron chi connectivity index (χ0n) is 9.50. The average Bonchev–Trinajstić information content (AvgIpc) is 2.54. The van der Waals surface area contributed by atoms with Crippen LogP contribution in [0, 0.1) is 5.92 Å². The third-order valence-electron chi connectivity index (χ3n) is 3.27. The van der Waals surface area contributed by atoms with E-state index in [-0.39, 0.29) is 17.7 Å². The molecule has 0 saturated carbocycles. The fourth-order valence-corrected chi connectivity index (χ4v) is 2.31. The first-order chi connectivity index (χ1) is 7.77. The number of amides is 2. The van der Waals surface area contributed by atoms with E-state index >= 15 is 0 Å². The second-order valence-corrected chi connectivity index (χ2v) is 4.47. The largest absolute Gasteiger partial charge is 0.354 e. The molecule has 0 aromatic rings. The van der Waals surface area contributed by atoms with Gasteiger partial charge in [0.25, 0.3) is 0 Å². The number of rotatable bonds is 1. The molecule has 0 aromatic heterocycles. The highest BCUT2D eigenvalue weighted by Gasteiger charge is 2.26. The summed E-state index contributed by atoms with van der Waals surface area (Å²) in [4.78, 5) is 25.2. The maximum atomic E-state index is 12.2. The Hall–Kier alpha value is -1.10. The van der Waals surface area contributed by atoms with Gasteiger partial charge in [0.15, 0.2) is 0 Å². The first-order valence-corrected chi connectivity index (χ1v) is 6.03. The van der Waals surface area contributed by atoms with Crippen LogP contribution in [0.2, 0.25) is 0 Å². The summed E-state index contributed by atoms with van der Waals surface area (Å²) >= 11 is 0. The van der Waals surface area contributed by atoms with Crippen molar-refractivity contribution in [2.24, 2.45) is 5.92 Å². The van der Waals surface area contributed by atoms with Crippen LogP contribution >= 0.6 is 0 Å². The van der Waals surface area contributed by atoms with Crippen molar-refractivity contribution in [1.29, 1.82) is 0 Å². The molecule has 2 rings (SSSR count). The summed E-state index contributed by atoms with van der Waals surface area (Å²) in [5.74, 6) is 0.378. The van der Waals surface area contributed by atoms with E-state index in [1.807, 2.05) is 4.90 Å². The predicted octanol–water partition coefficient (Wildman–Crippen LogP) is -0.665. The minimum atomic E-state index is 0.0528. The molecule has 2 fully saturated rings. The van der Waals surface area contributed by atoms with Gasteiger partial charge in [-0.15, -0.1) is 0 Å². The van der Waals surface area contributed by atoms with Crippen molar-refractivity contribution < 1.29 is 9.59 Å². The van der Waals surface area contributed by atoms with E-state index in [2.05, 4.69) is 10.6 Å². The topological polar surface area (TPSA) is 61.4 Å². The van der Waals surface area contributed by atoms with Gasteiger partial charge in [-0.05, 0) is 19.4 Å². The molecule has 2 N–H and O–H groups in total. The minimum absolute atomic E-state index is 0.0528. The van der Waals surface area contributed by atoms with Crippen LogP contribution in [0.4, 0.5) is 0 Å². The van der Waals surface area contributed by atoms with Gasteiger partial charge in [0.1, 0.15) is 0 Å². The molecule has 1 atom stereocenters. The lowest BCUT2D eigenvalue weighted by Crippen LogP contribution is -2.44. The Morgan fingerprint density at radius 2 is 2.19 bits per heavy atom. The minimum Gasteiger partial charge on any atom is -0.354 e. The summed E-state index contributed by atoms with van der Waals surface area (Å²) in [6.07, 6.45) is 2.48. The second kappa shape index (κ2) is 5.30. The highest BCUT2D eigenvalue weighted by molar-refractivity contribution is 5.81. The fraction of sp³-hybridized carbons (Fsp3) is 0.818. The molecule has 2 amide bonds. The number of nitrogens with zero attached hydrogens (tertiary/aromatic N) is 1. The number of hydrogen-bond donors (Lipinski definition) is 2. The molecule has 0 bridgehead atoms. The standard InChI is InChI=1S/C11H19N3O2/c15-10-3-6-14(7-5-13-10)11(16)9-2-1-4-12-8-9/h9,12H,1-8H2,(H,13,15). The maximum Gasteiger partial charge on any atom is 0.227 e. The van der Waals surface area contributed by atoms with Gasteiger partial charge in [0.2, 0.25) is 11.8 Å². The molecule has 16 heavy (non-hydrogen) atoms. The summed E-state index contributed by atoms with van der Waals surface area (Å²) in [7, 11) is 0. The van der Waals surface area contributed by atoms with E-state index in [4.69, 9.17) is 0 Å². The Kier molecular flexibility index (Phi) is 3.77. The zero-order valence-corrected chi connectivity index (χ0v) is 9.50. The summed E-state index contributed by atoms with van der Waals surface area (Å²) in [5.41, 5.74) is 0. The quantitative estimate of drug-likeness (QED) is 0.622. The van der Waals surface area contributed by atoms with E-state index in [1.165, 1.54) is 0 Å². The first kappa shape index (κ1) is 11.4. The van der Waals surface area contributed by atoms with Gasteiger partial charge in [-0.25, -0.2) is 0 Å².